The van der Waals surface area contributed by atoms with Gasteiger partial charge in [0.15, 0.2) is 0 Å². The number of hydrogen-bond acceptors (Lipinski definition) is 6. The molecule has 0 saturated carbocycles. The SMILES string of the molecule is CN(CC1CCN(c2ccc(O)cc2)CC1)C(=O)N1CCC(Nc2ccc([N+](=O)[O-])c(C(F)(F)F)c2)CC1. The molecule has 0 atom stereocenters. The number of piperidine rings is 2. The lowest BCUT2D eigenvalue weighted by Crippen LogP contribution is -2.49. The second-order valence-electron chi connectivity index (χ2n) is 10.0. The molecule has 0 aromatic heterocycles. The predicted octanol–water partition coefficient (Wildman–Crippen LogP) is 5.16. The molecule has 4 rings (SSSR count). The lowest BCUT2D eigenvalue weighted by Gasteiger charge is -2.38. The highest BCUT2D eigenvalue weighted by atomic mass is 19.4. The number of carbonyl (C=O) groups excluding carboxylic acids is 1. The average molecular weight is 536 g/mol. The number of urea groups is 1. The van der Waals surface area contributed by atoms with Crippen molar-refractivity contribution in [2.24, 2.45) is 5.92 Å². The number of hydrogen-bond donors (Lipinski definition) is 2. The second-order valence-corrected chi connectivity index (χ2v) is 10.0. The molecule has 9 nitrogen and oxygen atoms in total. The minimum atomic E-state index is -4.83. The average Bonchev–Trinajstić information content (AvgIpc) is 2.89. The highest BCUT2D eigenvalue weighted by molar-refractivity contribution is 5.74. The van der Waals surface area contributed by atoms with Crippen LogP contribution in [0.2, 0.25) is 0 Å². The Morgan fingerprint density at radius 3 is 2.29 bits per heavy atom. The zero-order valence-electron chi connectivity index (χ0n) is 21.2. The number of carbonyl (C=O) groups is 1. The molecular weight excluding hydrogens is 503 g/mol. The van der Waals surface area contributed by atoms with E-state index in [-0.39, 0.29) is 23.5 Å². The molecule has 2 saturated heterocycles. The molecule has 206 valence electrons. The van der Waals surface area contributed by atoms with E-state index in [0.717, 1.165) is 43.8 Å². The number of phenols is 1. The lowest BCUT2D eigenvalue weighted by atomic mass is 9.96. The zero-order chi connectivity index (χ0) is 27.4. The molecule has 0 aliphatic carbocycles. The van der Waals surface area contributed by atoms with E-state index in [2.05, 4.69) is 10.2 Å². The molecule has 2 aromatic rings. The topological polar surface area (TPSA) is 102 Å². The third kappa shape index (κ3) is 6.59. The summed E-state index contributed by atoms with van der Waals surface area (Å²) in [6.45, 7) is 3.36. The van der Waals surface area contributed by atoms with Gasteiger partial charge < -0.3 is 25.1 Å². The Balaban J connectivity index is 1.24. The quantitative estimate of drug-likeness (QED) is 0.391. The van der Waals surface area contributed by atoms with E-state index in [4.69, 9.17) is 0 Å². The van der Waals surface area contributed by atoms with Gasteiger partial charge in [0, 0.05) is 63.3 Å². The smallest absolute Gasteiger partial charge is 0.423 e. The number of nitrogens with zero attached hydrogens (tertiary/aromatic N) is 4. The number of halogens is 3. The second kappa shape index (κ2) is 11.4. The molecule has 2 N–H and O–H groups in total. The van der Waals surface area contributed by atoms with Crippen molar-refractivity contribution in [2.45, 2.75) is 37.9 Å². The van der Waals surface area contributed by atoms with Crippen molar-refractivity contribution >= 4 is 23.1 Å². The normalized spacial score (nSPS) is 17.4. The monoisotopic (exact) mass is 535 g/mol. The van der Waals surface area contributed by atoms with Gasteiger partial charge in [0.2, 0.25) is 0 Å². The van der Waals surface area contributed by atoms with E-state index in [9.17, 15) is 33.2 Å². The fourth-order valence-electron chi connectivity index (χ4n) is 5.21. The summed E-state index contributed by atoms with van der Waals surface area (Å²) >= 11 is 0. The van der Waals surface area contributed by atoms with Crippen molar-refractivity contribution in [3.8, 4) is 5.75 Å². The Morgan fingerprint density at radius 1 is 1.08 bits per heavy atom. The third-order valence-electron chi connectivity index (χ3n) is 7.32. The van der Waals surface area contributed by atoms with Gasteiger partial charge in [-0.3, -0.25) is 10.1 Å². The minimum absolute atomic E-state index is 0.0564. The van der Waals surface area contributed by atoms with Gasteiger partial charge in [-0.1, -0.05) is 0 Å². The van der Waals surface area contributed by atoms with Crippen LogP contribution in [0, 0.1) is 16.0 Å². The number of nitro groups is 1. The number of phenolic OH excluding ortho intramolecular Hbond substituents is 1. The summed E-state index contributed by atoms with van der Waals surface area (Å²) in [7, 11) is 1.80. The van der Waals surface area contributed by atoms with Crippen LogP contribution < -0.4 is 10.2 Å². The first-order valence-electron chi connectivity index (χ1n) is 12.7. The third-order valence-corrected chi connectivity index (χ3v) is 7.32. The molecule has 12 heteroatoms. The number of likely N-dealkylation sites (tertiary alicyclic amines) is 1. The maximum absolute atomic E-state index is 13.3. The number of amides is 2. The van der Waals surface area contributed by atoms with E-state index in [1.54, 1.807) is 29.0 Å². The van der Waals surface area contributed by atoms with Crippen molar-refractivity contribution in [1.29, 1.82) is 0 Å². The largest absolute Gasteiger partial charge is 0.508 e. The van der Waals surface area contributed by atoms with Crippen molar-refractivity contribution < 1.29 is 28.0 Å². The Labute approximate surface area is 219 Å². The van der Waals surface area contributed by atoms with Gasteiger partial charge in [-0.2, -0.15) is 13.2 Å². The molecule has 0 spiro atoms. The summed E-state index contributed by atoms with van der Waals surface area (Å²) < 4.78 is 39.8. The van der Waals surface area contributed by atoms with Crippen LogP contribution in [0.25, 0.3) is 0 Å². The van der Waals surface area contributed by atoms with Crippen LogP contribution in [-0.2, 0) is 6.18 Å². The van der Waals surface area contributed by atoms with Crippen LogP contribution in [0.15, 0.2) is 42.5 Å². The molecule has 0 bridgehead atoms. The summed E-state index contributed by atoms with van der Waals surface area (Å²) in [6.07, 6.45) is -1.80. The highest BCUT2D eigenvalue weighted by Crippen LogP contribution is 2.38. The van der Waals surface area contributed by atoms with E-state index >= 15 is 0 Å². The van der Waals surface area contributed by atoms with E-state index in [0.29, 0.717) is 38.4 Å². The molecule has 0 radical (unpaired) electrons. The number of anilines is 2. The molecule has 2 aromatic carbocycles. The number of nitrogens with one attached hydrogen (secondary N) is 1. The Bertz CT molecular complexity index is 1130. The Kier molecular flexibility index (Phi) is 8.17. The standard InChI is InChI=1S/C26H32F3N5O4/c1-31(17-18-8-12-32(13-9-18)21-3-5-22(35)6-4-21)25(36)33-14-10-19(11-15-33)30-20-2-7-24(34(37)38)23(16-20)26(27,28)29/h2-7,16,18-19,30,35H,8-15,17H2,1H3. The molecule has 2 heterocycles. The van der Waals surface area contributed by atoms with E-state index < -0.39 is 22.4 Å². The van der Waals surface area contributed by atoms with Crippen molar-refractivity contribution in [1.82, 2.24) is 9.80 Å². The van der Waals surface area contributed by atoms with Gasteiger partial charge in [-0.15, -0.1) is 0 Å². The summed E-state index contributed by atoms with van der Waals surface area (Å²) in [4.78, 5) is 28.7. The first kappa shape index (κ1) is 27.3. The van der Waals surface area contributed by atoms with Gasteiger partial charge in [-0.25, -0.2) is 4.79 Å². The van der Waals surface area contributed by atoms with Crippen LogP contribution in [0.1, 0.15) is 31.2 Å². The van der Waals surface area contributed by atoms with Crippen LogP contribution in [0.4, 0.5) is 35.0 Å². The minimum Gasteiger partial charge on any atom is -0.508 e. The first-order valence-corrected chi connectivity index (χ1v) is 12.7. The summed E-state index contributed by atoms with van der Waals surface area (Å²) in [6, 6.07) is 9.89. The van der Waals surface area contributed by atoms with E-state index in [1.807, 2.05) is 12.1 Å². The van der Waals surface area contributed by atoms with Crippen LogP contribution >= 0.6 is 0 Å². The molecule has 2 aliphatic heterocycles. The van der Waals surface area contributed by atoms with Crippen LogP contribution in [0.3, 0.4) is 0 Å². The van der Waals surface area contributed by atoms with Crippen molar-refractivity contribution in [2.75, 3.05) is 50.0 Å². The van der Waals surface area contributed by atoms with Crippen molar-refractivity contribution in [3.05, 3.63) is 58.1 Å². The molecule has 2 fully saturated rings. The molecule has 38 heavy (non-hydrogen) atoms. The number of alkyl halides is 3. The maximum Gasteiger partial charge on any atom is 0.423 e. The zero-order valence-corrected chi connectivity index (χ0v) is 21.2. The van der Waals surface area contributed by atoms with Crippen LogP contribution in [0.5, 0.6) is 5.75 Å². The number of rotatable bonds is 6. The fraction of sp³-hybridized carbons (Fsp3) is 0.500. The first-order chi connectivity index (χ1) is 18.0. The fourth-order valence-corrected chi connectivity index (χ4v) is 5.21. The summed E-state index contributed by atoms with van der Waals surface area (Å²) in [5, 5.41) is 23.5. The summed E-state index contributed by atoms with van der Waals surface area (Å²) in [5.74, 6) is 0.631. The molecule has 2 aliphatic rings. The highest BCUT2D eigenvalue weighted by Gasteiger charge is 2.38. The van der Waals surface area contributed by atoms with Gasteiger partial charge in [0.1, 0.15) is 11.3 Å². The molecule has 0 unspecified atom stereocenters. The maximum atomic E-state index is 13.3. The van der Waals surface area contributed by atoms with Gasteiger partial charge in [0.05, 0.1) is 4.92 Å². The number of aromatic hydroxyl groups is 1. The Morgan fingerprint density at radius 2 is 1.71 bits per heavy atom. The van der Waals surface area contributed by atoms with Crippen molar-refractivity contribution in [3.63, 3.8) is 0 Å². The molecule has 2 amide bonds. The lowest BCUT2D eigenvalue weighted by molar-refractivity contribution is -0.388. The molecular formula is C26H32F3N5O4. The summed E-state index contributed by atoms with van der Waals surface area (Å²) in [5.41, 5.74) is -1.01. The van der Waals surface area contributed by atoms with Crippen LogP contribution in [-0.4, -0.2) is 71.7 Å². The van der Waals surface area contributed by atoms with Gasteiger partial charge in [-0.05, 0) is 68.0 Å². The number of benzene rings is 2. The predicted molar refractivity (Wildman–Crippen MR) is 137 cm³/mol. The van der Waals surface area contributed by atoms with Gasteiger partial charge >= 0.3 is 12.2 Å². The Hall–Kier alpha value is -3.70. The van der Waals surface area contributed by atoms with Gasteiger partial charge in [0.25, 0.3) is 5.69 Å². The van der Waals surface area contributed by atoms with E-state index in [1.165, 1.54) is 6.07 Å². The number of nitro benzene ring substituents is 1.